The van der Waals surface area contributed by atoms with Gasteiger partial charge in [-0.1, -0.05) is 25.5 Å². The maximum Gasteiger partial charge on any atom is 0.573 e. The predicted octanol–water partition coefficient (Wildman–Crippen LogP) is 3.81. The number of halogens is 3. The highest BCUT2D eigenvalue weighted by atomic mass is 19.4. The molecule has 1 aromatic rings. The van der Waals surface area contributed by atoms with E-state index < -0.39 is 6.36 Å². The molecule has 1 aromatic carbocycles. The summed E-state index contributed by atoms with van der Waals surface area (Å²) >= 11 is 0. The Morgan fingerprint density at radius 2 is 1.96 bits per heavy atom. The number of benzene rings is 1. The summed E-state index contributed by atoms with van der Waals surface area (Å²) in [7, 11) is 1.74. The van der Waals surface area contributed by atoms with Crippen LogP contribution < -0.4 is 4.74 Å². The van der Waals surface area contributed by atoms with Crippen molar-refractivity contribution in [3.05, 3.63) is 29.8 Å². The summed E-state index contributed by atoms with van der Waals surface area (Å²) in [5.74, 6) is -0.185. The van der Waals surface area contributed by atoms with E-state index in [9.17, 15) is 18.0 Å². The second-order valence-electron chi connectivity index (χ2n) is 6.43. The molecule has 1 heterocycles. The lowest BCUT2D eigenvalue weighted by atomic mass is 10.0. The molecular weight excluding hydrogens is 333 g/mol. The number of likely N-dealkylation sites (N-methyl/N-ethyl adjacent to an activating group) is 1. The maximum absolute atomic E-state index is 12.8. The van der Waals surface area contributed by atoms with Crippen molar-refractivity contribution in [3.63, 3.8) is 0 Å². The van der Waals surface area contributed by atoms with Gasteiger partial charge < -0.3 is 9.64 Å². The smallest absolute Gasteiger partial charge is 0.406 e. The van der Waals surface area contributed by atoms with Crippen LogP contribution in [0.15, 0.2) is 24.3 Å². The number of rotatable bonds is 6. The van der Waals surface area contributed by atoms with Crippen molar-refractivity contribution < 1.29 is 22.7 Å². The van der Waals surface area contributed by atoms with Crippen molar-refractivity contribution >= 4 is 5.91 Å². The number of hydrogen-bond donors (Lipinski definition) is 0. The van der Waals surface area contributed by atoms with Gasteiger partial charge in [-0.05, 0) is 50.0 Å². The molecular formula is C18H25F3N2O2. The van der Waals surface area contributed by atoms with Crippen LogP contribution in [-0.2, 0) is 11.3 Å². The van der Waals surface area contributed by atoms with E-state index in [-0.39, 0.29) is 17.7 Å². The lowest BCUT2D eigenvalue weighted by Gasteiger charge is -2.36. The first-order valence-corrected chi connectivity index (χ1v) is 8.64. The van der Waals surface area contributed by atoms with Crippen LogP contribution in [0.5, 0.6) is 5.75 Å². The molecule has 7 heteroatoms. The SMILES string of the molecule is CCCN1CCCCC1C(=O)N(C)Cc1ccc(OC(F)(F)F)cc1. The number of ether oxygens (including phenoxy) is 1. The van der Waals surface area contributed by atoms with Gasteiger partial charge >= 0.3 is 6.36 Å². The minimum atomic E-state index is -4.70. The van der Waals surface area contributed by atoms with E-state index in [0.29, 0.717) is 6.54 Å². The predicted molar refractivity (Wildman–Crippen MR) is 89.1 cm³/mol. The van der Waals surface area contributed by atoms with Crippen molar-refractivity contribution in [2.24, 2.45) is 0 Å². The van der Waals surface area contributed by atoms with Gasteiger partial charge in [0.05, 0.1) is 6.04 Å². The van der Waals surface area contributed by atoms with Crippen LogP contribution in [0.1, 0.15) is 38.2 Å². The molecule has 0 bridgehead atoms. The molecule has 0 N–H and O–H groups in total. The Kier molecular flexibility index (Phi) is 6.70. The Labute approximate surface area is 146 Å². The fourth-order valence-electron chi connectivity index (χ4n) is 3.23. The van der Waals surface area contributed by atoms with Gasteiger partial charge in [-0.25, -0.2) is 0 Å². The first-order chi connectivity index (χ1) is 11.8. The fraction of sp³-hybridized carbons (Fsp3) is 0.611. The van der Waals surface area contributed by atoms with E-state index in [1.54, 1.807) is 24.1 Å². The van der Waals surface area contributed by atoms with Crippen LogP contribution in [0.4, 0.5) is 13.2 Å². The van der Waals surface area contributed by atoms with Crippen LogP contribution >= 0.6 is 0 Å². The van der Waals surface area contributed by atoms with Crippen molar-refractivity contribution in [3.8, 4) is 5.75 Å². The minimum Gasteiger partial charge on any atom is -0.406 e. The highest BCUT2D eigenvalue weighted by Gasteiger charge is 2.31. The molecule has 1 unspecified atom stereocenters. The average molecular weight is 358 g/mol. The largest absolute Gasteiger partial charge is 0.573 e. The molecule has 1 atom stereocenters. The van der Waals surface area contributed by atoms with E-state index in [4.69, 9.17) is 0 Å². The van der Waals surface area contributed by atoms with E-state index in [0.717, 1.165) is 44.3 Å². The van der Waals surface area contributed by atoms with Crippen LogP contribution in [-0.4, -0.2) is 48.2 Å². The lowest BCUT2D eigenvalue weighted by Crippen LogP contribution is -2.49. The summed E-state index contributed by atoms with van der Waals surface area (Å²) in [5.41, 5.74) is 0.767. The zero-order chi connectivity index (χ0) is 18.4. The van der Waals surface area contributed by atoms with E-state index >= 15 is 0 Å². The van der Waals surface area contributed by atoms with Crippen LogP contribution in [0.2, 0.25) is 0 Å². The third-order valence-corrected chi connectivity index (χ3v) is 4.36. The molecule has 1 aliphatic heterocycles. The average Bonchev–Trinajstić information content (AvgIpc) is 2.55. The summed E-state index contributed by atoms with van der Waals surface area (Å²) < 4.78 is 40.4. The number of likely N-dealkylation sites (tertiary alicyclic amines) is 1. The fourth-order valence-corrected chi connectivity index (χ4v) is 3.23. The molecule has 4 nitrogen and oxygen atoms in total. The Morgan fingerprint density at radius 1 is 1.28 bits per heavy atom. The van der Waals surface area contributed by atoms with Crippen molar-refractivity contribution in [2.45, 2.75) is 51.6 Å². The summed E-state index contributed by atoms with van der Waals surface area (Å²) in [6.07, 6.45) is -0.657. The molecule has 0 aromatic heterocycles. The Balaban J connectivity index is 1.96. The quantitative estimate of drug-likeness (QED) is 0.775. The molecule has 1 saturated heterocycles. The minimum absolute atomic E-state index is 0.0729. The number of piperidine rings is 1. The molecule has 140 valence electrons. The summed E-state index contributed by atoms with van der Waals surface area (Å²) in [5, 5.41) is 0. The van der Waals surface area contributed by atoms with Gasteiger partial charge in [0.25, 0.3) is 0 Å². The number of nitrogens with zero attached hydrogens (tertiary/aromatic N) is 2. The van der Waals surface area contributed by atoms with Gasteiger partial charge in [-0.3, -0.25) is 9.69 Å². The van der Waals surface area contributed by atoms with Gasteiger partial charge in [0.15, 0.2) is 0 Å². The van der Waals surface area contributed by atoms with Gasteiger partial charge in [0.2, 0.25) is 5.91 Å². The third-order valence-electron chi connectivity index (χ3n) is 4.36. The number of carbonyl (C=O) groups is 1. The summed E-state index contributed by atoms with van der Waals surface area (Å²) in [6.45, 7) is 4.32. The molecule has 1 aliphatic rings. The standard InChI is InChI=1S/C18H25F3N2O2/c1-3-11-23-12-5-4-6-16(23)17(24)22(2)13-14-7-9-15(10-8-14)25-18(19,20)21/h7-10,16H,3-6,11-13H2,1-2H3. The summed E-state index contributed by atoms with van der Waals surface area (Å²) in [6, 6.07) is 5.55. The zero-order valence-corrected chi connectivity index (χ0v) is 14.7. The second kappa shape index (κ2) is 8.56. The molecule has 0 spiro atoms. The van der Waals surface area contributed by atoms with Crippen LogP contribution in [0, 0.1) is 0 Å². The molecule has 0 radical (unpaired) electrons. The molecule has 2 rings (SSSR count). The van der Waals surface area contributed by atoms with Crippen molar-refractivity contribution in [1.29, 1.82) is 0 Å². The number of carbonyl (C=O) groups excluding carboxylic acids is 1. The second-order valence-corrected chi connectivity index (χ2v) is 6.43. The Morgan fingerprint density at radius 3 is 2.56 bits per heavy atom. The van der Waals surface area contributed by atoms with E-state index in [2.05, 4.69) is 16.6 Å². The maximum atomic E-state index is 12.8. The van der Waals surface area contributed by atoms with Crippen molar-refractivity contribution in [2.75, 3.05) is 20.1 Å². The summed E-state index contributed by atoms with van der Waals surface area (Å²) in [4.78, 5) is 16.6. The molecule has 1 fully saturated rings. The van der Waals surface area contributed by atoms with Gasteiger partial charge in [0.1, 0.15) is 5.75 Å². The Bertz CT molecular complexity index is 558. The molecule has 0 aliphatic carbocycles. The molecule has 1 amide bonds. The lowest BCUT2D eigenvalue weighted by molar-refractivity contribution is -0.274. The Hall–Kier alpha value is -1.76. The third kappa shape index (κ3) is 5.92. The van der Waals surface area contributed by atoms with E-state index in [1.807, 2.05) is 0 Å². The molecule has 0 saturated carbocycles. The monoisotopic (exact) mass is 358 g/mol. The normalized spacial score (nSPS) is 18.8. The van der Waals surface area contributed by atoms with Gasteiger partial charge in [-0.15, -0.1) is 13.2 Å². The van der Waals surface area contributed by atoms with Gasteiger partial charge in [-0.2, -0.15) is 0 Å². The number of amides is 1. The van der Waals surface area contributed by atoms with Crippen LogP contribution in [0.3, 0.4) is 0 Å². The van der Waals surface area contributed by atoms with Crippen LogP contribution in [0.25, 0.3) is 0 Å². The number of alkyl halides is 3. The van der Waals surface area contributed by atoms with Gasteiger partial charge in [0, 0.05) is 13.6 Å². The number of hydrogen-bond acceptors (Lipinski definition) is 3. The van der Waals surface area contributed by atoms with Crippen molar-refractivity contribution in [1.82, 2.24) is 9.80 Å². The topological polar surface area (TPSA) is 32.8 Å². The first-order valence-electron chi connectivity index (χ1n) is 8.64. The van der Waals surface area contributed by atoms with E-state index in [1.165, 1.54) is 12.1 Å². The molecule has 25 heavy (non-hydrogen) atoms. The zero-order valence-electron chi connectivity index (χ0n) is 14.7. The highest BCUT2D eigenvalue weighted by molar-refractivity contribution is 5.81. The first kappa shape index (κ1) is 19.6. The highest BCUT2D eigenvalue weighted by Crippen LogP contribution is 2.24.